The summed E-state index contributed by atoms with van der Waals surface area (Å²) < 4.78 is 13.4. The van der Waals surface area contributed by atoms with Crippen LogP contribution >= 0.6 is 11.6 Å². The minimum Gasteiger partial charge on any atom is -0.411 e. The van der Waals surface area contributed by atoms with Crippen molar-refractivity contribution < 1.29 is 9.60 Å². The molecule has 0 saturated carbocycles. The first-order valence-electron chi connectivity index (χ1n) is 8.08. The number of allylic oxidation sites excluding steroid dienone is 1. The van der Waals surface area contributed by atoms with Gasteiger partial charge >= 0.3 is 0 Å². The van der Waals surface area contributed by atoms with E-state index in [4.69, 9.17) is 11.6 Å². The summed E-state index contributed by atoms with van der Waals surface area (Å²) in [7, 11) is 0. The number of benzene rings is 1. The number of fused-ring (bicyclic) bond motifs is 1. The van der Waals surface area contributed by atoms with Crippen molar-refractivity contribution in [2.75, 3.05) is 0 Å². The first-order valence-corrected chi connectivity index (χ1v) is 8.46. The second-order valence-electron chi connectivity index (χ2n) is 6.03. The fourth-order valence-corrected chi connectivity index (χ4v) is 3.31. The molecule has 0 fully saturated rings. The molecule has 0 saturated heterocycles. The maximum Gasteiger partial charge on any atom is 0.156 e. The molecule has 0 amide bonds. The molecule has 3 heterocycles. The fraction of sp³-hybridized carbons (Fsp3) is 0.158. The lowest BCUT2D eigenvalue weighted by molar-refractivity contribution is 0.318. The van der Waals surface area contributed by atoms with E-state index >= 15 is 0 Å². The molecule has 1 aromatic heterocycles. The molecule has 2 aromatic rings. The van der Waals surface area contributed by atoms with E-state index in [0.717, 1.165) is 34.5 Å². The molecule has 1 aromatic carbocycles. The summed E-state index contributed by atoms with van der Waals surface area (Å²) in [6.07, 6.45) is 7.05. The quantitative estimate of drug-likeness (QED) is 0.497. The van der Waals surface area contributed by atoms with Crippen molar-refractivity contribution in [2.45, 2.75) is 19.3 Å². The summed E-state index contributed by atoms with van der Waals surface area (Å²) in [6.45, 7) is 0. The first kappa shape index (κ1) is 16.6. The van der Waals surface area contributed by atoms with Gasteiger partial charge in [-0.2, -0.15) is 0 Å². The zero-order valence-electron chi connectivity index (χ0n) is 13.7. The Kier molecular flexibility index (Phi) is 4.34. The van der Waals surface area contributed by atoms with Crippen LogP contribution in [0.25, 0.3) is 0 Å². The van der Waals surface area contributed by atoms with Crippen LogP contribution in [0, 0.1) is 5.82 Å². The third-order valence-electron chi connectivity index (χ3n) is 4.39. The van der Waals surface area contributed by atoms with Gasteiger partial charge in [0.2, 0.25) is 0 Å². The van der Waals surface area contributed by atoms with Crippen molar-refractivity contribution in [3.05, 3.63) is 70.3 Å². The number of pyridine rings is 1. The van der Waals surface area contributed by atoms with Crippen molar-refractivity contribution in [3.63, 3.8) is 0 Å². The summed E-state index contributed by atoms with van der Waals surface area (Å²) in [4.78, 5) is 13.2. The molecular weight excluding hydrogens is 355 g/mol. The number of aliphatic imine (C=N–C) groups is 2. The highest BCUT2D eigenvalue weighted by atomic mass is 35.5. The fourth-order valence-electron chi connectivity index (χ4n) is 3.10. The highest BCUT2D eigenvalue weighted by Crippen LogP contribution is 2.30. The Morgan fingerprint density at radius 1 is 1.27 bits per heavy atom. The minimum atomic E-state index is -0.480. The van der Waals surface area contributed by atoms with E-state index in [1.54, 1.807) is 24.5 Å². The number of nitrogens with zero attached hydrogens (tertiary/aromatic N) is 4. The second-order valence-corrected chi connectivity index (χ2v) is 6.44. The average Bonchev–Trinajstić information content (AvgIpc) is 3.31. The van der Waals surface area contributed by atoms with Gasteiger partial charge in [0.1, 0.15) is 5.82 Å². The van der Waals surface area contributed by atoms with Gasteiger partial charge < -0.3 is 5.21 Å². The highest BCUT2D eigenvalue weighted by molar-refractivity contribution is 6.45. The van der Waals surface area contributed by atoms with Gasteiger partial charge in [-0.1, -0.05) is 28.9 Å². The van der Waals surface area contributed by atoms with E-state index in [2.05, 4.69) is 20.1 Å². The van der Waals surface area contributed by atoms with Crippen LogP contribution in [-0.4, -0.2) is 27.3 Å². The van der Waals surface area contributed by atoms with Gasteiger partial charge in [0.05, 0.1) is 22.2 Å². The molecule has 1 N–H and O–H groups in total. The van der Waals surface area contributed by atoms with Gasteiger partial charge in [-0.3, -0.25) is 4.99 Å². The minimum absolute atomic E-state index is 0.0390. The van der Waals surface area contributed by atoms with Crippen molar-refractivity contribution in [1.82, 2.24) is 4.98 Å². The van der Waals surface area contributed by atoms with Crippen LogP contribution in [0.4, 0.5) is 10.2 Å². The lowest BCUT2D eigenvalue weighted by Crippen LogP contribution is -2.14. The SMILES string of the molecule is O/N=C(\Cc1ccc(F)c(Cl)c1)c1ccnc2c1CC(C1=NC=CC1)=N2. The monoisotopic (exact) mass is 368 g/mol. The van der Waals surface area contributed by atoms with E-state index in [0.29, 0.717) is 24.4 Å². The Morgan fingerprint density at radius 3 is 2.88 bits per heavy atom. The topological polar surface area (TPSA) is 70.2 Å². The Morgan fingerprint density at radius 2 is 2.15 bits per heavy atom. The maximum atomic E-state index is 13.4. The molecular formula is C19H14ClFN4O. The zero-order valence-corrected chi connectivity index (χ0v) is 14.4. The Bertz CT molecular complexity index is 1010. The summed E-state index contributed by atoms with van der Waals surface area (Å²) in [5.74, 6) is 0.136. The molecule has 2 aliphatic heterocycles. The molecule has 26 heavy (non-hydrogen) atoms. The van der Waals surface area contributed by atoms with Crippen LogP contribution in [-0.2, 0) is 12.8 Å². The van der Waals surface area contributed by atoms with Crippen molar-refractivity contribution in [3.8, 4) is 0 Å². The van der Waals surface area contributed by atoms with Crippen LogP contribution in [0.15, 0.2) is 57.9 Å². The predicted octanol–water partition coefficient (Wildman–Crippen LogP) is 4.28. The molecule has 2 aliphatic rings. The highest BCUT2D eigenvalue weighted by Gasteiger charge is 2.25. The van der Waals surface area contributed by atoms with Crippen LogP contribution in [0.1, 0.15) is 23.1 Å². The number of hydrogen-bond acceptors (Lipinski definition) is 5. The maximum absolute atomic E-state index is 13.4. The first-order chi connectivity index (χ1) is 12.7. The number of hydrogen-bond donors (Lipinski definition) is 1. The summed E-state index contributed by atoms with van der Waals surface area (Å²) in [5.41, 5.74) is 4.68. The van der Waals surface area contributed by atoms with Gasteiger partial charge in [0.15, 0.2) is 5.82 Å². The molecule has 0 aliphatic carbocycles. The van der Waals surface area contributed by atoms with Gasteiger partial charge in [0.25, 0.3) is 0 Å². The molecule has 0 bridgehead atoms. The summed E-state index contributed by atoms with van der Waals surface area (Å²) in [5, 5.41) is 13.1. The zero-order chi connectivity index (χ0) is 18.1. The summed E-state index contributed by atoms with van der Waals surface area (Å²) >= 11 is 5.85. The van der Waals surface area contributed by atoms with Gasteiger partial charge in [-0.25, -0.2) is 14.4 Å². The van der Waals surface area contributed by atoms with E-state index < -0.39 is 5.82 Å². The molecule has 7 heteroatoms. The van der Waals surface area contributed by atoms with E-state index in [-0.39, 0.29) is 5.02 Å². The molecule has 0 unspecified atom stereocenters. The van der Waals surface area contributed by atoms with E-state index in [1.165, 1.54) is 12.1 Å². The second kappa shape index (κ2) is 6.80. The number of halogens is 2. The third-order valence-corrected chi connectivity index (χ3v) is 4.68. The smallest absolute Gasteiger partial charge is 0.156 e. The van der Waals surface area contributed by atoms with Crippen LogP contribution in [0.3, 0.4) is 0 Å². The van der Waals surface area contributed by atoms with Crippen molar-refractivity contribution in [2.24, 2.45) is 15.1 Å². The molecule has 0 spiro atoms. The van der Waals surface area contributed by atoms with Gasteiger partial charge in [0, 0.05) is 42.8 Å². The molecule has 5 nitrogen and oxygen atoms in total. The molecule has 130 valence electrons. The average molecular weight is 369 g/mol. The van der Waals surface area contributed by atoms with Crippen LogP contribution in [0.5, 0.6) is 0 Å². The Labute approximate surface area is 154 Å². The van der Waals surface area contributed by atoms with Gasteiger partial charge in [-0.15, -0.1) is 0 Å². The van der Waals surface area contributed by atoms with Crippen LogP contribution in [0.2, 0.25) is 5.02 Å². The standard InChI is InChI=1S/C19H14ClFN4O/c20-14-8-11(3-4-15(14)21)9-17(25-26)12-5-7-23-19-13(12)10-18(24-19)16-2-1-6-22-16/h1,3-8,26H,2,9-10H2/b25-17+. The van der Waals surface area contributed by atoms with Crippen molar-refractivity contribution >= 4 is 34.6 Å². The van der Waals surface area contributed by atoms with Crippen LogP contribution < -0.4 is 0 Å². The van der Waals surface area contributed by atoms with Gasteiger partial charge in [-0.05, 0) is 23.8 Å². The number of aromatic nitrogens is 1. The molecule has 4 rings (SSSR count). The van der Waals surface area contributed by atoms with E-state index in [9.17, 15) is 9.60 Å². The predicted molar refractivity (Wildman–Crippen MR) is 99.7 cm³/mol. The molecule has 0 atom stereocenters. The Balaban J connectivity index is 1.63. The lowest BCUT2D eigenvalue weighted by Gasteiger charge is -2.10. The third kappa shape index (κ3) is 3.04. The Hall–Kier alpha value is -2.86. The van der Waals surface area contributed by atoms with E-state index in [1.807, 2.05) is 6.08 Å². The number of rotatable bonds is 4. The normalized spacial score (nSPS) is 15.8. The number of oxime groups is 1. The lowest BCUT2D eigenvalue weighted by atomic mass is 9.96. The largest absolute Gasteiger partial charge is 0.411 e. The molecule has 0 radical (unpaired) electrons. The van der Waals surface area contributed by atoms with Crippen molar-refractivity contribution in [1.29, 1.82) is 0 Å². The summed E-state index contributed by atoms with van der Waals surface area (Å²) in [6, 6.07) is 6.25.